The lowest BCUT2D eigenvalue weighted by Crippen LogP contribution is -2.25. The predicted molar refractivity (Wildman–Crippen MR) is 36.8 cm³/mol. The zero-order valence-corrected chi connectivity index (χ0v) is 6.34. The maximum absolute atomic E-state index is 5.28. The summed E-state index contributed by atoms with van der Waals surface area (Å²) in [5.41, 5.74) is 0. The number of rotatable bonds is 3. The molecule has 0 saturated carbocycles. The van der Waals surface area contributed by atoms with Gasteiger partial charge in [-0.1, -0.05) is 0 Å². The van der Waals surface area contributed by atoms with Crippen LogP contribution >= 0.6 is 0 Å². The molecule has 0 radical (unpaired) electrons. The van der Waals surface area contributed by atoms with E-state index in [0.29, 0.717) is 6.61 Å². The number of methoxy groups -OCH3 is 1. The molecule has 1 aliphatic heterocycles. The second kappa shape index (κ2) is 4.66. The molecule has 0 spiro atoms. The van der Waals surface area contributed by atoms with Crippen LogP contribution in [0.2, 0.25) is 0 Å². The van der Waals surface area contributed by atoms with Crippen molar-refractivity contribution < 1.29 is 14.2 Å². The van der Waals surface area contributed by atoms with Gasteiger partial charge in [-0.15, -0.1) is 0 Å². The molecule has 0 unspecified atom stereocenters. The van der Waals surface area contributed by atoms with Gasteiger partial charge in [0.25, 0.3) is 0 Å². The van der Waals surface area contributed by atoms with E-state index in [-0.39, 0.29) is 6.29 Å². The molecule has 0 aliphatic carbocycles. The lowest BCUT2D eigenvalue weighted by molar-refractivity contribution is -0.185. The van der Waals surface area contributed by atoms with E-state index >= 15 is 0 Å². The SMILES string of the molecule is COCCC1OCCCO1. The number of hydrogen-bond donors (Lipinski definition) is 0. The molecule has 3 heteroatoms. The van der Waals surface area contributed by atoms with Crippen LogP contribution in [0.3, 0.4) is 0 Å². The molecule has 3 nitrogen and oxygen atoms in total. The van der Waals surface area contributed by atoms with Crippen molar-refractivity contribution in [3.63, 3.8) is 0 Å². The molecular formula is C7H14O3. The molecule has 0 aromatic heterocycles. The van der Waals surface area contributed by atoms with Gasteiger partial charge in [-0.2, -0.15) is 0 Å². The predicted octanol–water partition coefficient (Wildman–Crippen LogP) is 0.786. The molecule has 0 atom stereocenters. The largest absolute Gasteiger partial charge is 0.384 e. The summed E-state index contributed by atoms with van der Waals surface area (Å²) in [5, 5.41) is 0. The van der Waals surface area contributed by atoms with Gasteiger partial charge in [0.05, 0.1) is 19.8 Å². The third-order valence-corrected chi connectivity index (χ3v) is 1.45. The summed E-state index contributed by atoms with van der Waals surface area (Å²) in [6.45, 7) is 2.37. The Bertz CT molecular complexity index is 78.9. The highest BCUT2D eigenvalue weighted by Crippen LogP contribution is 2.07. The first kappa shape index (κ1) is 7.98. The minimum Gasteiger partial charge on any atom is -0.384 e. The fourth-order valence-corrected chi connectivity index (χ4v) is 0.917. The van der Waals surface area contributed by atoms with E-state index in [9.17, 15) is 0 Å². The molecule has 1 aliphatic rings. The van der Waals surface area contributed by atoms with Gasteiger partial charge in [0.15, 0.2) is 6.29 Å². The van der Waals surface area contributed by atoms with Crippen LogP contribution < -0.4 is 0 Å². The Morgan fingerprint density at radius 2 is 2.10 bits per heavy atom. The summed E-state index contributed by atoms with van der Waals surface area (Å²) in [6, 6.07) is 0. The third-order valence-electron chi connectivity index (χ3n) is 1.45. The van der Waals surface area contributed by atoms with E-state index in [4.69, 9.17) is 14.2 Å². The van der Waals surface area contributed by atoms with Crippen molar-refractivity contribution in [1.29, 1.82) is 0 Å². The van der Waals surface area contributed by atoms with Crippen molar-refractivity contribution >= 4 is 0 Å². The molecule has 1 fully saturated rings. The summed E-state index contributed by atoms with van der Waals surface area (Å²) < 4.78 is 15.4. The van der Waals surface area contributed by atoms with Crippen LogP contribution in [0.5, 0.6) is 0 Å². The average molecular weight is 146 g/mol. The van der Waals surface area contributed by atoms with Crippen LogP contribution in [0.4, 0.5) is 0 Å². The van der Waals surface area contributed by atoms with E-state index in [1.807, 2.05) is 0 Å². The first-order chi connectivity index (χ1) is 4.93. The zero-order chi connectivity index (χ0) is 7.23. The van der Waals surface area contributed by atoms with Crippen molar-refractivity contribution in [3.8, 4) is 0 Å². The van der Waals surface area contributed by atoms with Crippen LogP contribution in [-0.2, 0) is 14.2 Å². The molecule has 1 rings (SSSR count). The highest BCUT2D eigenvalue weighted by atomic mass is 16.7. The zero-order valence-electron chi connectivity index (χ0n) is 6.34. The van der Waals surface area contributed by atoms with Crippen LogP contribution in [0.1, 0.15) is 12.8 Å². The Hall–Kier alpha value is -0.120. The fourth-order valence-electron chi connectivity index (χ4n) is 0.917. The molecule has 60 valence electrons. The maximum atomic E-state index is 5.28. The minimum absolute atomic E-state index is 0.0197. The van der Waals surface area contributed by atoms with E-state index in [1.54, 1.807) is 7.11 Å². The van der Waals surface area contributed by atoms with Gasteiger partial charge in [0, 0.05) is 13.5 Å². The Kier molecular flexibility index (Phi) is 3.72. The highest BCUT2D eigenvalue weighted by Gasteiger charge is 2.12. The fraction of sp³-hybridized carbons (Fsp3) is 1.00. The van der Waals surface area contributed by atoms with E-state index in [1.165, 1.54) is 0 Å². The molecule has 1 saturated heterocycles. The molecule has 0 aromatic carbocycles. The molecular weight excluding hydrogens is 132 g/mol. The summed E-state index contributed by atoms with van der Waals surface area (Å²) in [6.07, 6.45) is 1.84. The summed E-state index contributed by atoms with van der Waals surface area (Å²) >= 11 is 0. The van der Waals surface area contributed by atoms with Crippen LogP contribution in [-0.4, -0.2) is 33.2 Å². The normalized spacial score (nSPS) is 21.3. The summed E-state index contributed by atoms with van der Waals surface area (Å²) in [5.74, 6) is 0. The van der Waals surface area contributed by atoms with Gasteiger partial charge in [0.1, 0.15) is 0 Å². The Balaban J connectivity index is 2.02. The molecule has 0 aromatic rings. The standard InChI is InChI=1S/C7H14O3/c1-8-6-3-7-9-4-2-5-10-7/h7H,2-6H2,1H3. The van der Waals surface area contributed by atoms with Crippen molar-refractivity contribution in [3.05, 3.63) is 0 Å². The van der Waals surface area contributed by atoms with Gasteiger partial charge in [0.2, 0.25) is 0 Å². The van der Waals surface area contributed by atoms with E-state index in [2.05, 4.69) is 0 Å². The Labute approximate surface area is 61.3 Å². The summed E-state index contributed by atoms with van der Waals surface area (Å²) in [4.78, 5) is 0. The minimum atomic E-state index is -0.0197. The maximum Gasteiger partial charge on any atom is 0.159 e. The second-order valence-corrected chi connectivity index (χ2v) is 2.31. The van der Waals surface area contributed by atoms with Gasteiger partial charge in [-0.3, -0.25) is 0 Å². The topological polar surface area (TPSA) is 27.7 Å². The van der Waals surface area contributed by atoms with Crippen molar-refractivity contribution in [2.45, 2.75) is 19.1 Å². The molecule has 0 bridgehead atoms. The monoisotopic (exact) mass is 146 g/mol. The lowest BCUT2D eigenvalue weighted by atomic mass is 10.4. The van der Waals surface area contributed by atoms with E-state index < -0.39 is 0 Å². The molecule has 0 N–H and O–H groups in total. The van der Waals surface area contributed by atoms with Crippen molar-refractivity contribution in [2.24, 2.45) is 0 Å². The third kappa shape index (κ3) is 2.64. The quantitative estimate of drug-likeness (QED) is 0.589. The molecule has 0 amide bonds. The lowest BCUT2D eigenvalue weighted by Gasteiger charge is -2.22. The van der Waals surface area contributed by atoms with E-state index in [0.717, 1.165) is 26.1 Å². The second-order valence-electron chi connectivity index (χ2n) is 2.31. The molecule has 10 heavy (non-hydrogen) atoms. The van der Waals surface area contributed by atoms with Gasteiger partial charge < -0.3 is 14.2 Å². The number of hydrogen-bond acceptors (Lipinski definition) is 3. The van der Waals surface area contributed by atoms with Gasteiger partial charge in [-0.05, 0) is 6.42 Å². The van der Waals surface area contributed by atoms with Crippen LogP contribution in [0.25, 0.3) is 0 Å². The van der Waals surface area contributed by atoms with Gasteiger partial charge in [-0.25, -0.2) is 0 Å². The van der Waals surface area contributed by atoms with Crippen molar-refractivity contribution in [1.82, 2.24) is 0 Å². The first-order valence-corrected chi connectivity index (χ1v) is 3.65. The average Bonchev–Trinajstić information content (AvgIpc) is 2.03. The Morgan fingerprint density at radius 3 is 2.70 bits per heavy atom. The first-order valence-electron chi connectivity index (χ1n) is 3.65. The summed E-state index contributed by atoms with van der Waals surface area (Å²) in [7, 11) is 1.68. The Morgan fingerprint density at radius 1 is 1.40 bits per heavy atom. The number of ether oxygens (including phenoxy) is 3. The van der Waals surface area contributed by atoms with Gasteiger partial charge >= 0.3 is 0 Å². The van der Waals surface area contributed by atoms with Crippen molar-refractivity contribution in [2.75, 3.05) is 26.9 Å². The highest BCUT2D eigenvalue weighted by molar-refractivity contribution is 4.50. The van der Waals surface area contributed by atoms with Crippen LogP contribution in [0.15, 0.2) is 0 Å². The smallest absolute Gasteiger partial charge is 0.159 e. The van der Waals surface area contributed by atoms with Crippen LogP contribution in [0, 0.1) is 0 Å². The molecule has 1 heterocycles.